The summed E-state index contributed by atoms with van der Waals surface area (Å²) in [4.78, 5) is 11.3. The predicted molar refractivity (Wildman–Crippen MR) is 80.8 cm³/mol. The van der Waals surface area contributed by atoms with Gasteiger partial charge in [0.2, 0.25) is 0 Å². The van der Waals surface area contributed by atoms with Gasteiger partial charge in [0.05, 0.1) is 23.8 Å². The lowest BCUT2D eigenvalue weighted by molar-refractivity contribution is 0.0699. The Bertz CT molecular complexity index is 712. The summed E-state index contributed by atoms with van der Waals surface area (Å²) in [6, 6.07) is 11.5. The molecule has 2 N–H and O–H groups in total. The van der Waals surface area contributed by atoms with E-state index in [0.29, 0.717) is 23.8 Å². The molecule has 2 heterocycles. The molecule has 2 aromatic carbocycles. The summed E-state index contributed by atoms with van der Waals surface area (Å²) in [5.74, 6) is -0.888. The Labute approximate surface area is 122 Å². The van der Waals surface area contributed by atoms with Gasteiger partial charge in [0, 0.05) is 11.1 Å². The normalized spacial score (nSPS) is 27.1. The highest BCUT2D eigenvalue weighted by molar-refractivity contribution is 6.07. The van der Waals surface area contributed by atoms with Crippen molar-refractivity contribution in [3.8, 4) is 0 Å². The number of ether oxygens (including phenoxy) is 1. The monoisotopic (exact) mass is 283 g/mol. The molecule has 2 aliphatic heterocycles. The Hall–Kier alpha value is -2.07. The third-order valence-electron chi connectivity index (χ3n) is 4.60. The van der Waals surface area contributed by atoms with Crippen molar-refractivity contribution in [3.63, 3.8) is 0 Å². The highest BCUT2D eigenvalue weighted by Crippen LogP contribution is 2.37. The molecule has 4 rings (SSSR count). The standard InChI is InChI=1S/C17H17NO3/c19-17(20)13-6-7-14(12-4-2-1-3-11(12)13)18-15-9-10-5-8-16(15)21-10/h1-4,6-7,10,15-16,18H,5,8-9H2,(H,19,20). The van der Waals surface area contributed by atoms with Crippen LogP contribution in [0.15, 0.2) is 36.4 Å². The van der Waals surface area contributed by atoms with Crippen molar-refractivity contribution in [2.45, 2.75) is 37.5 Å². The number of aromatic carboxylic acids is 1. The van der Waals surface area contributed by atoms with E-state index in [-0.39, 0.29) is 0 Å². The fraction of sp³-hybridized carbons (Fsp3) is 0.353. The number of benzene rings is 2. The number of carbonyl (C=O) groups is 1. The lowest BCUT2D eigenvalue weighted by atomic mass is 9.94. The van der Waals surface area contributed by atoms with E-state index >= 15 is 0 Å². The summed E-state index contributed by atoms with van der Waals surface area (Å²) in [7, 11) is 0. The lowest BCUT2D eigenvalue weighted by Crippen LogP contribution is -2.30. The molecule has 21 heavy (non-hydrogen) atoms. The van der Waals surface area contributed by atoms with E-state index in [2.05, 4.69) is 5.32 Å². The maximum atomic E-state index is 11.3. The Morgan fingerprint density at radius 1 is 1.14 bits per heavy atom. The first-order chi connectivity index (χ1) is 10.2. The Kier molecular flexibility index (Phi) is 2.86. The molecule has 0 aliphatic carbocycles. The average Bonchev–Trinajstić information content (AvgIpc) is 3.10. The van der Waals surface area contributed by atoms with Gasteiger partial charge in [-0.2, -0.15) is 0 Å². The zero-order chi connectivity index (χ0) is 14.4. The number of nitrogens with one attached hydrogen (secondary N) is 1. The van der Waals surface area contributed by atoms with Crippen LogP contribution < -0.4 is 5.32 Å². The van der Waals surface area contributed by atoms with Crippen LogP contribution in [0.4, 0.5) is 5.69 Å². The molecule has 0 saturated carbocycles. The van der Waals surface area contributed by atoms with Gasteiger partial charge >= 0.3 is 5.97 Å². The van der Waals surface area contributed by atoms with E-state index in [1.165, 1.54) is 6.42 Å². The fourth-order valence-corrected chi connectivity index (χ4v) is 3.60. The number of carboxylic acid groups (broad SMARTS) is 1. The first-order valence-electron chi connectivity index (χ1n) is 7.39. The Balaban J connectivity index is 1.72. The topological polar surface area (TPSA) is 58.6 Å². The third kappa shape index (κ3) is 2.07. The summed E-state index contributed by atoms with van der Waals surface area (Å²) in [5.41, 5.74) is 1.34. The number of fused-ring (bicyclic) bond motifs is 3. The first kappa shape index (κ1) is 12.7. The van der Waals surface area contributed by atoms with Gasteiger partial charge in [0.1, 0.15) is 0 Å². The molecule has 3 atom stereocenters. The summed E-state index contributed by atoms with van der Waals surface area (Å²) >= 11 is 0. The molecule has 0 amide bonds. The summed E-state index contributed by atoms with van der Waals surface area (Å²) in [6.45, 7) is 0. The number of hydrogen-bond acceptors (Lipinski definition) is 3. The van der Waals surface area contributed by atoms with E-state index in [1.807, 2.05) is 30.3 Å². The van der Waals surface area contributed by atoms with Gasteiger partial charge in [-0.25, -0.2) is 4.79 Å². The molecule has 2 saturated heterocycles. The minimum absolute atomic E-state index is 0.299. The van der Waals surface area contributed by atoms with Crippen molar-refractivity contribution in [2.75, 3.05) is 5.32 Å². The first-order valence-corrected chi connectivity index (χ1v) is 7.39. The van der Waals surface area contributed by atoms with E-state index in [1.54, 1.807) is 6.07 Å². The molecule has 4 heteroatoms. The molecule has 2 fully saturated rings. The summed E-state index contributed by atoms with van der Waals surface area (Å²) in [5, 5.41) is 14.6. The molecule has 0 aromatic heterocycles. The highest BCUT2D eigenvalue weighted by atomic mass is 16.5. The molecule has 2 bridgehead atoms. The zero-order valence-electron chi connectivity index (χ0n) is 11.6. The van der Waals surface area contributed by atoms with Crippen molar-refractivity contribution in [3.05, 3.63) is 42.0 Å². The molecule has 0 spiro atoms. The third-order valence-corrected chi connectivity index (χ3v) is 4.60. The van der Waals surface area contributed by atoms with Crippen molar-refractivity contribution < 1.29 is 14.6 Å². The van der Waals surface area contributed by atoms with Crippen molar-refractivity contribution >= 4 is 22.4 Å². The van der Waals surface area contributed by atoms with Gasteiger partial charge in [-0.05, 0) is 36.8 Å². The van der Waals surface area contributed by atoms with Crippen LogP contribution in [0, 0.1) is 0 Å². The molecule has 4 nitrogen and oxygen atoms in total. The van der Waals surface area contributed by atoms with Crippen LogP contribution in [0.3, 0.4) is 0 Å². The zero-order valence-corrected chi connectivity index (χ0v) is 11.6. The van der Waals surface area contributed by atoms with Crippen molar-refractivity contribution in [2.24, 2.45) is 0 Å². The van der Waals surface area contributed by atoms with Crippen LogP contribution in [0.5, 0.6) is 0 Å². The van der Waals surface area contributed by atoms with Gasteiger partial charge in [-0.3, -0.25) is 0 Å². The average molecular weight is 283 g/mol. The molecule has 2 aromatic rings. The van der Waals surface area contributed by atoms with Crippen molar-refractivity contribution in [1.82, 2.24) is 0 Å². The summed E-state index contributed by atoms with van der Waals surface area (Å²) < 4.78 is 5.87. The van der Waals surface area contributed by atoms with Gasteiger partial charge in [-0.15, -0.1) is 0 Å². The summed E-state index contributed by atoms with van der Waals surface area (Å²) in [6.07, 6.45) is 4.03. The van der Waals surface area contributed by atoms with Crippen LogP contribution in [-0.2, 0) is 4.74 Å². The largest absolute Gasteiger partial charge is 0.478 e. The lowest BCUT2D eigenvalue weighted by Gasteiger charge is -2.22. The molecule has 108 valence electrons. The van der Waals surface area contributed by atoms with E-state index in [4.69, 9.17) is 4.74 Å². The number of hydrogen-bond donors (Lipinski definition) is 2. The van der Waals surface area contributed by atoms with Gasteiger partial charge in [0.25, 0.3) is 0 Å². The maximum Gasteiger partial charge on any atom is 0.336 e. The van der Waals surface area contributed by atoms with Gasteiger partial charge < -0.3 is 15.2 Å². The van der Waals surface area contributed by atoms with Gasteiger partial charge in [0.15, 0.2) is 0 Å². The van der Waals surface area contributed by atoms with Gasteiger partial charge in [-0.1, -0.05) is 24.3 Å². The minimum atomic E-state index is -0.888. The molecular weight excluding hydrogens is 266 g/mol. The smallest absolute Gasteiger partial charge is 0.336 e. The second-order valence-corrected chi connectivity index (χ2v) is 5.87. The van der Waals surface area contributed by atoms with Crippen LogP contribution in [0.2, 0.25) is 0 Å². The number of anilines is 1. The predicted octanol–water partition coefficient (Wildman–Crippen LogP) is 3.27. The quantitative estimate of drug-likeness (QED) is 0.907. The maximum absolute atomic E-state index is 11.3. The second-order valence-electron chi connectivity index (χ2n) is 5.87. The van der Waals surface area contributed by atoms with E-state index in [9.17, 15) is 9.90 Å². The van der Waals surface area contributed by atoms with E-state index < -0.39 is 5.97 Å². The molecule has 3 unspecified atom stereocenters. The van der Waals surface area contributed by atoms with Crippen LogP contribution in [0.25, 0.3) is 10.8 Å². The second kappa shape index (κ2) is 4.74. The Morgan fingerprint density at radius 2 is 1.95 bits per heavy atom. The highest BCUT2D eigenvalue weighted by Gasteiger charge is 2.40. The van der Waals surface area contributed by atoms with E-state index in [0.717, 1.165) is 29.3 Å². The van der Waals surface area contributed by atoms with Crippen LogP contribution in [0.1, 0.15) is 29.6 Å². The SMILES string of the molecule is O=C(O)c1ccc(NC2CC3CCC2O3)c2ccccc12. The number of carboxylic acids is 1. The minimum Gasteiger partial charge on any atom is -0.478 e. The Morgan fingerprint density at radius 3 is 2.62 bits per heavy atom. The molecule has 2 aliphatic rings. The van der Waals surface area contributed by atoms with Crippen LogP contribution >= 0.6 is 0 Å². The fourth-order valence-electron chi connectivity index (χ4n) is 3.60. The molecule has 0 radical (unpaired) electrons. The molecular formula is C17H17NO3. The number of rotatable bonds is 3. The van der Waals surface area contributed by atoms with Crippen molar-refractivity contribution in [1.29, 1.82) is 0 Å². The van der Waals surface area contributed by atoms with Crippen LogP contribution in [-0.4, -0.2) is 29.3 Å².